The van der Waals surface area contributed by atoms with Gasteiger partial charge in [-0.2, -0.15) is 26.3 Å². The molecule has 2 heterocycles. The zero-order chi connectivity index (χ0) is 29.3. The van der Waals surface area contributed by atoms with Crippen LogP contribution >= 0.6 is 0 Å². The molecule has 0 spiro atoms. The Morgan fingerprint density at radius 1 is 1.07 bits per heavy atom. The number of hydrogen-bond donors (Lipinski definition) is 1. The molecule has 11 heteroatoms. The lowest BCUT2D eigenvalue weighted by molar-refractivity contribution is -0.152. The van der Waals surface area contributed by atoms with Crippen LogP contribution < -0.4 is 0 Å². The highest BCUT2D eigenvalue weighted by molar-refractivity contribution is 5.74. The molecule has 0 radical (unpaired) electrons. The molecule has 0 amide bonds. The standard InChI is InChI=1S/C29H33F6NO4/c1-18(20-11-22(28(30,31)32)13-23(12-20)29(33,34)35)40-24-16-39-15-21(25(24)19-7-4-3-5-8-19)14-36-10-6-9-27(2,17-36)26(37)38/h3-5,7-8,11-13,18,21,24-25H,6,9-10,14-17H2,1-2H3,(H,37,38). The van der Waals surface area contributed by atoms with Crippen molar-refractivity contribution in [2.75, 3.05) is 32.8 Å². The molecule has 2 aromatic carbocycles. The van der Waals surface area contributed by atoms with E-state index in [9.17, 15) is 36.2 Å². The molecule has 2 aromatic rings. The summed E-state index contributed by atoms with van der Waals surface area (Å²) < 4.78 is 92.8. The number of aliphatic carboxylic acids is 1. The second kappa shape index (κ2) is 11.7. The van der Waals surface area contributed by atoms with Crippen LogP contribution in [-0.4, -0.2) is 54.9 Å². The SMILES string of the molecule is CC(OC1COCC(CN2CCCC(C)(C(=O)O)C2)C1c1ccccc1)c1cc(C(F)(F)F)cc(C(F)(F)F)c1. The molecule has 0 bridgehead atoms. The maximum Gasteiger partial charge on any atom is 0.416 e. The lowest BCUT2D eigenvalue weighted by Gasteiger charge is -2.44. The van der Waals surface area contributed by atoms with Gasteiger partial charge in [0.1, 0.15) is 0 Å². The number of benzene rings is 2. The van der Waals surface area contributed by atoms with Gasteiger partial charge >= 0.3 is 18.3 Å². The monoisotopic (exact) mass is 573 g/mol. The third-order valence-electron chi connectivity index (χ3n) is 7.95. The molecular weight excluding hydrogens is 540 g/mol. The summed E-state index contributed by atoms with van der Waals surface area (Å²) in [4.78, 5) is 14.0. The van der Waals surface area contributed by atoms with Crippen molar-refractivity contribution in [1.29, 1.82) is 0 Å². The first-order chi connectivity index (χ1) is 18.7. The number of rotatable bonds is 7. The van der Waals surface area contributed by atoms with Crippen molar-refractivity contribution >= 4 is 5.97 Å². The first-order valence-electron chi connectivity index (χ1n) is 13.2. The second-order valence-corrected chi connectivity index (χ2v) is 11.1. The van der Waals surface area contributed by atoms with Crippen LogP contribution in [0.25, 0.3) is 0 Å². The van der Waals surface area contributed by atoms with Gasteiger partial charge in [-0.3, -0.25) is 4.79 Å². The molecular formula is C29H33F6NO4. The summed E-state index contributed by atoms with van der Waals surface area (Å²) in [6.45, 7) is 5.22. The second-order valence-electron chi connectivity index (χ2n) is 11.1. The fraction of sp³-hybridized carbons (Fsp3) is 0.552. The Balaban J connectivity index is 1.61. The summed E-state index contributed by atoms with van der Waals surface area (Å²) in [7, 11) is 0. The molecule has 4 rings (SSSR count). The van der Waals surface area contributed by atoms with Crippen LogP contribution in [0.4, 0.5) is 26.3 Å². The van der Waals surface area contributed by atoms with E-state index in [4.69, 9.17) is 9.47 Å². The van der Waals surface area contributed by atoms with E-state index in [0.717, 1.165) is 12.0 Å². The number of halogens is 6. The van der Waals surface area contributed by atoms with E-state index < -0.39 is 47.1 Å². The van der Waals surface area contributed by atoms with Gasteiger partial charge in [-0.25, -0.2) is 0 Å². The Kier molecular flexibility index (Phi) is 8.87. The molecule has 220 valence electrons. The highest BCUT2D eigenvalue weighted by Gasteiger charge is 2.43. The summed E-state index contributed by atoms with van der Waals surface area (Å²) >= 11 is 0. The zero-order valence-electron chi connectivity index (χ0n) is 22.3. The first-order valence-corrected chi connectivity index (χ1v) is 13.2. The minimum atomic E-state index is -4.96. The molecule has 5 unspecified atom stereocenters. The van der Waals surface area contributed by atoms with Crippen LogP contribution in [0.2, 0.25) is 0 Å². The van der Waals surface area contributed by atoms with Gasteiger partial charge in [-0.15, -0.1) is 0 Å². The lowest BCUT2D eigenvalue weighted by atomic mass is 9.78. The molecule has 1 N–H and O–H groups in total. The van der Waals surface area contributed by atoms with E-state index in [-0.39, 0.29) is 30.1 Å². The number of carbonyl (C=O) groups is 1. The molecule has 2 aliphatic heterocycles. The highest BCUT2D eigenvalue weighted by atomic mass is 19.4. The Labute approximate surface area is 229 Å². The number of hydrogen-bond acceptors (Lipinski definition) is 4. The predicted molar refractivity (Wildman–Crippen MR) is 135 cm³/mol. The van der Waals surface area contributed by atoms with Gasteiger partial charge in [-0.1, -0.05) is 30.3 Å². The molecule has 2 fully saturated rings. The van der Waals surface area contributed by atoms with E-state index in [1.54, 1.807) is 6.92 Å². The summed E-state index contributed by atoms with van der Waals surface area (Å²) in [5.41, 5.74) is -2.98. The number of carboxylic acids is 1. The van der Waals surface area contributed by atoms with Crippen LogP contribution in [0.5, 0.6) is 0 Å². The zero-order valence-corrected chi connectivity index (χ0v) is 22.3. The highest BCUT2D eigenvalue weighted by Crippen LogP contribution is 2.41. The first kappa shape index (κ1) is 30.3. The van der Waals surface area contributed by atoms with E-state index in [1.807, 2.05) is 30.3 Å². The van der Waals surface area contributed by atoms with Crippen LogP contribution in [0.1, 0.15) is 61.0 Å². The number of carboxylic acid groups (broad SMARTS) is 1. The largest absolute Gasteiger partial charge is 0.481 e. The van der Waals surface area contributed by atoms with Gasteiger partial charge < -0.3 is 19.5 Å². The Morgan fingerprint density at radius 3 is 2.27 bits per heavy atom. The predicted octanol–water partition coefficient (Wildman–Crippen LogP) is 6.79. The van der Waals surface area contributed by atoms with Crippen LogP contribution in [0.15, 0.2) is 48.5 Å². The molecule has 40 heavy (non-hydrogen) atoms. The summed E-state index contributed by atoms with van der Waals surface area (Å²) in [5.74, 6) is -1.27. The maximum atomic E-state index is 13.5. The summed E-state index contributed by atoms with van der Waals surface area (Å²) in [6, 6.07) is 10.9. The number of alkyl halides is 6. The lowest BCUT2D eigenvalue weighted by Crippen LogP contribution is -2.50. The average molecular weight is 574 g/mol. The van der Waals surface area contributed by atoms with Gasteiger partial charge in [0.05, 0.1) is 42.0 Å². The van der Waals surface area contributed by atoms with Crippen LogP contribution in [0.3, 0.4) is 0 Å². The van der Waals surface area contributed by atoms with Gasteiger partial charge in [0, 0.05) is 24.9 Å². The van der Waals surface area contributed by atoms with Crippen molar-refractivity contribution in [2.24, 2.45) is 11.3 Å². The number of nitrogens with zero attached hydrogens (tertiary/aromatic N) is 1. The van der Waals surface area contributed by atoms with Gasteiger partial charge in [0.15, 0.2) is 0 Å². The quantitative estimate of drug-likeness (QED) is 0.370. The normalized spacial score (nSPS) is 27.4. The number of likely N-dealkylation sites (tertiary alicyclic amines) is 1. The van der Waals surface area contributed by atoms with Crippen molar-refractivity contribution in [3.63, 3.8) is 0 Å². The van der Waals surface area contributed by atoms with Crippen molar-refractivity contribution in [1.82, 2.24) is 4.90 Å². The van der Waals surface area contributed by atoms with Crippen LogP contribution in [-0.2, 0) is 26.6 Å². The van der Waals surface area contributed by atoms with Crippen molar-refractivity contribution in [3.05, 3.63) is 70.8 Å². The van der Waals surface area contributed by atoms with E-state index in [2.05, 4.69) is 4.90 Å². The fourth-order valence-corrected chi connectivity index (χ4v) is 5.86. The van der Waals surface area contributed by atoms with E-state index in [0.29, 0.717) is 44.8 Å². The third kappa shape index (κ3) is 6.98. The smallest absolute Gasteiger partial charge is 0.416 e. The third-order valence-corrected chi connectivity index (χ3v) is 7.95. The van der Waals surface area contributed by atoms with Gasteiger partial charge in [0.2, 0.25) is 0 Å². The molecule has 0 saturated carbocycles. The summed E-state index contributed by atoms with van der Waals surface area (Å²) in [5, 5.41) is 9.73. The van der Waals surface area contributed by atoms with Crippen molar-refractivity contribution in [3.8, 4) is 0 Å². The molecule has 5 atom stereocenters. The Bertz CT molecular complexity index is 1140. The minimum absolute atomic E-state index is 0.103. The Hall–Kier alpha value is -2.63. The molecule has 5 nitrogen and oxygen atoms in total. The fourth-order valence-electron chi connectivity index (χ4n) is 5.86. The molecule has 2 saturated heterocycles. The maximum absolute atomic E-state index is 13.5. The van der Waals surface area contributed by atoms with Crippen molar-refractivity contribution in [2.45, 2.75) is 57.2 Å². The van der Waals surface area contributed by atoms with Gasteiger partial charge in [-0.05, 0) is 62.6 Å². The molecule has 0 aromatic heterocycles. The summed E-state index contributed by atoms with van der Waals surface area (Å²) in [6.07, 6.45) is -10.4. The topological polar surface area (TPSA) is 59.0 Å². The number of piperidine rings is 1. The molecule has 2 aliphatic rings. The van der Waals surface area contributed by atoms with E-state index >= 15 is 0 Å². The van der Waals surface area contributed by atoms with Gasteiger partial charge in [0.25, 0.3) is 0 Å². The molecule has 0 aliphatic carbocycles. The van der Waals surface area contributed by atoms with E-state index in [1.165, 1.54) is 6.92 Å². The number of ether oxygens (including phenoxy) is 2. The van der Waals surface area contributed by atoms with Crippen LogP contribution in [0, 0.1) is 11.3 Å². The van der Waals surface area contributed by atoms with Crippen molar-refractivity contribution < 1.29 is 45.7 Å². The average Bonchev–Trinajstić information content (AvgIpc) is 2.88. The minimum Gasteiger partial charge on any atom is -0.481 e. The Morgan fingerprint density at radius 2 is 1.70 bits per heavy atom.